The maximum absolute atomic E-state index is 12.6. The van der Waals surface area contributed by atoms with Crippen molar-refractivity contribution < 1.29 is 44.1 Å². The van der Waals surface area contributed by atoms with E-state index in [1.54, 1.807) is 6.92 Å². The predicted octanol–water partition coefficient (Wildman–Crippen LogP) is -1.04. The summed E-state index contributed by atoms with van der Waals surface area (Å²) in [4.78, 5) is 71.1. The zero-order valence-electron chi connectivity index (χ0n) is 18.6. The summed E-state index contributed by atoms with van der Waals surface area (Å²) < 4.78 is 0. The molecule has 1 aliphatic rings. The van der Waals surface area contributed by atoms with Crippen molar-refractivity contribution in [2.75, 3.05) is 24.6 Å². The standard InChI is InChI=1S/C19H30N4O9S2/c1-10(17(28)23-6-2-3-13(23)19(31)32)8-33-34-9-12(16(27)21-7-15(25)26)22-14(24)5-4-11(20)18(29)30/h10-13H,2-9,20H2,1H3,(H,21,27)(H,22,24)(H,25,26)(H,29,30)(H,31,32)/t10?,11-,12-,13?/m0/s1. The van der Waals surface area contributed by atoms with Gasteiger partial charge in [0.05, 0.1) is 0 Å². The Balaban J connectivity index is 2.57. The molecule has 0 aromatic carbocycles. The molecule has 192 valence electrons. The summed E-state index contributed by atoms with van der Waals surface area (Å²) in [5, 5.41) is 31.4. The van der Waals surface area contributed by atoms with Gasteiger partial charge in [-0.3, -0.25) is 24.0 Å². The average molecular weight is 523 g/mol. The zero-order chi connectivity index (χ0) is 25.8. The van der Waals surface area contributed by atoms with E-state index < -0.39 is 60.3 Å². The molecule has 1 rings (SSSR count). The van der Waals surface area contributed by atoms with Gasteiger partial charge in [0.2, 0.25) is 17.7 Å². The van der Waals surface area contributed by atoms with E-state index in [0.29, 0.717) is 25.1 Å². The summed E-state index contributed by atoms with van der Waals surface area (Å²) in [5.74, 6) is -5.25. The molecule has 13 nitrogen and oxygen atoms in total. The normalized spacial score (nSPS) is 17.9. The summed E-state index contributed by atoms with van der Waals surface area (Å²) >= 11 is 0. The van der Waals surface area contributed by atoms with Crippen molar-refractivity contribution >= 4 is 57.2 Å². The number of hydrogen-bond donors (Lipinski definition) is 6. The van der Waals surface area contributed by atoms with E-state index >= 15 is 0 Å². The van der Waals surface area contributed by atoms with Crippen LogP contribution in [-0.2, 0) is 28.8 Å². The first-order valence-electron chi connectivity index (χ1n) is 10.5. The van der Waals surface area contributed by atoms with Crippen LogP contribution in [0.1, 0.15) is 32.6 Å². The lowest BCUT2D eigenvalue weighted by molar-refractivity contribution is -0.149. The van der Waals surface area contributed by atoms with Crippen LogP contribution >= 0.6 is 21.6 Å². The molecule has 0 radical (unpaired) electrons. The molecular formula is C19H30N4O9S2. The number of rotatable bonds is 15. The van der Waals surface area contributed by atoms with Crippen LogP contribution in [-0.4, -0.2) is 98.6 Å². The van der Waals surface area contributed by atoms with Crippen LogP contribution in [0, 0.1) is 5.92 Å². The second-order valence-electron chi connectivity index (χ2n) is 7.71. The maximum Gasteiger partial charge on any atom is 0.326 e. The van der Waals surface area contributed by atoms with Crippen molar-refractivity contribution in [3.8, 4) is 0 Å². The number of carboxylic acid groups (broad SMARTS) is 3. The van der Waals surface area contributed by atoms with Crippen LogP contribution in [0.3, 0.4) is 0 Å². The number of carbonyl (C=O) groups excluding carboxylic acids is 3. The quantitative estimate of drug-likeness (QED) is 0.112. The fraction of sp³-hybridized carbons (Fsp3) is 0.684. The number of amides is 3. The molecule has 0 aromatic heterocycles. The SMILES string of the molecule is CC(CSSC[C@H](NC(=O)CC[C@H](N)C(=O)O)C(=O)NCC(=O)O)C(=O)N1CCCC1C(=O)O. The van der Waals surface area contributed by atoms with Gasteiger partial charge in [0.1, 0.15) is 24.7 Å². The zero-order valence-corrected chi connectivity index (χ0v) is 20.2. The van der Waals surface area contributed by atoms with Gasteiger partial charge in [0.15, 0.2) is 0 Å². The van der Waals surface area contributed by atoms with Crippen molar-refractivity contribution in [2.45, 2.75) is 50.7 Å². The van der Waals surface area contributed by atoms with Crippen molar-refractivity contribution in [1.29, 1.82) is 0 Å². The lowest BCUT2D eigenvalue weighted by Crippen LogP contribution is -2.49. The van der Waals surface area contributed by atoms with Gasteiger partial charge in [-0.15, -0.1) is 0 Å². The third-order valence-electron chi connectivity index (χ3n) is 4.94. The Bertz CT molecular complexity index is 783. The van der Waals surface area contributed by atoms with Gasteiger partial charge < -0.3 is 36.6 Å². The largest absolute Gasteiger partial charge is 0.480 e. The van der Waals surface area contributed by atoms with Gasteiger partial charge in [-0.1, -0.05) is 28.5 Å². The van der Waals surface area contributed by atoms with Gasteiger partial charge >= 0.3 is 17.9 Å². The molecule has 34 heavy (non-hydrogen) atoms. The Morgan fingerprint density at radius 3 is 2.32 bits per heavy atom. The highest BCUT2D eigenvalue weighted by atomic mass is 33.1. The second kappa shape index (κ2) is 14.7. The number of nitrogens with one attached hydrogen (secondary N) is 2. The lowest BCUT2D eigenvalue weighted by atomic mass is 10.1. The van der Waals surface area contributed by atoms with Gasteiger partial charge in [-0.05, 0) is 19.3 Å². The summed E-state index contributed by atoms with van der Waals surface area (Å²) in [6.07, 6.45) is 0.668. The lowest BCUT2D eigenvalue weighted by Gasteiger charge is -2.24. The van der Waals surface area contributed by atoms with Crippen LogP contribution in [0.15, 0.2) is 0 Å². The molecule has 1 fully saturated rings. The van der Waals surface area contributed by atoms with Crippen molar-refractivity contribution in [2.24, 2.45) is 11.7 Å². The minimum atomic E-state index is -1.26. The number of likely N-dealkylation sites (tertiary alicyclic amines) is 1. The molecule has 0 spiro atoms. The number of hydrogen-bond acceptors (Lipinski definition) is 9. The first kappa shape index (κ1) is 29.5. The molecule has 15 heteroatoms. The van der Waals surface area contributed by atoms with Gasteiger partial charge in [0, 0.05) is 30.4 Å². The fourth-order valence-electron chi connectivity index (χ4n) is 3.05. The van der Waals surface area contributed by atoms with E-state index in [2.05, 4.69) is 10.6 Å². The first-order valence-corrected chi connectivity index (χ1v) is 13.0. The van der Waals surface area contributed by atoms with Crippen LogP contribution in [0.2, 0.25) is 0 Å². The summed E-state index contributed by atoms with van der Waals surface area (Å²) in [6, 6.07) is -3.14. The summed E-state index contributed by atoms with van der Waals surface area (Å²) in [5.41, 5.74) is 5.36. The number of nitrogens with two attached hydrogens (primary N) is 1. The van der Waals surface area contributed by atoms with Crippen LogP contribution in [0.25, 0.3) is 0 Å². The topological polar surface area (TPSA) is 216 Å². The molecule has 7 N–H and O–H groups in total. The highest BCUT2D eigenvalue weighted by Gasteiger charge is 2.35. The fourth-order valence-corrected chi connectivity index (χ4v) is 5.56. The third-order valence-corrected chi connectivity index (χ3v) is 7.53. The van der Waals surface area contributed by atoms with E-state index in [0.717, 1.165) is 0 Å². The maximum atomic E-state index is 12.6. The Morgan fingerprint density at radius 2 is 1.74 bits per heavy atom. The number of aliphatic carboxylic acids is 3. The third kappa shape index (κ3) is 10.2. The van der Waals surface area contributed by atoms with Gasteiger partial charge in [0.25, 0.3) is 0 Å². The highest BCUT2D eigenvalue weighted by molar-refractivity contribution is 8.76. The number of nitrogens with zero attached hydrogens (tertiary/aromatic N) is 1. The second-order valence-corrected chi connectivity index (χ2v) is 10.3. The minimum Gasteiger partial charge on any atom is -0.480 e. The van der Waals surface area contributed by atoms with Crippen LogP contribution < -0.4 is 16.4 Å². The molecule has 1 aliphatic heterocycles. The molecule has 0 aliphatic carbocycles. The van der Waals surface area contributed by atoms with E-state index in [1.165, 1.54) is 26.5 Å². The average Bonchev–Trinajstić information content (AvgIpc) is 3.27. The van der Waals surface area contributed by atoms with E-state index in [1.807, 2.05) is 0 Å². The van der Waals surface area contributed by atoms with Crippen molar-refractivity contribution in [3.63, 3.8) is 0 Å². The number of carbonyl (C=O) groups is 6. The molecule has 1 saturated heterocycles. The van der Waals surface area contributed by atoms with E-state index in [-0.39, 0.29) is 24.5 Å². The molecule has 0 saturated carbocycles. The van der Waals surface area contributed by atoms with Crippen molar-refractivity contribution in [1.82, 2.24) is 15.5 Å². The van der Waals surface area contributed by atoms with E-state index in [4.69, 9.17) is 15.9 Å². The highest BCUT2D eigenvalue weighted by Crippen LogP contribution is 2.27. The number of carboxylic acids is 3. The smallest absolute Gasteiger partial charge is 0.326 e. The molecule has 0 bridgehead atoms. The molecule has 2 unspecified atom stereocenters. The minimum absolute atomic E-state index is 0.0508. The Labute approximate surface area is 203 Å². The predicted molar refractivity (Wildman–Crippen MR) is 124 cm³/mol. The van der Waals surface area contributed by atoms with Crippen LogP contribution in [0.4, 0.5) is 0 Å². The summed E-state index contributed by atoms with van der Waals surface area (Å²) in [6.45, 7) is 1.43. The Hall–Kier alpha value is -2.52. The summed E-state index contributed by atoms with van der Waals surface area (Å²) in [7, 11) is 2.43. The molecule has 0 aromatic rings. The monoisotopic (exact) mass is 522 g/mol. The van der Waals surface area contributed by atoms with Crippen molar-refractivity contribution in [3.05, 3.63) is 0 Å². The molecule has 3 amide bonds. The molecule has 1 heterocycles. The Morgan fingerprint density at radius 1 is 1.09 bits per heavy atom. The van der Waals surface area contributed by atoms with Crippen LogP contribution in [0.5, 0.6) is 0 Å². The Kier molecular flexibility index (Phi) is 12.7. The molecular weight excluding hydrogens is 492 g/mol. The molecule has 4 atom stereocenters. The van der Waals surface area contributed by atoms with Gasteiger partial charge in [-0.25, -0.2) is 4.79 Å². The first-order chi connectivity index (χ1) is 15.9. The van der Waals surface area contributed by atoms with Gasteiger partial charge in [-0.2, -0.15) is 0 Å². The van der Waals surface area contributed by atoms with E-state index in [9.17, 15) is 33.9 Å².